The first-order valence-electron chi connectivity index (χ1n) is 4.67. The summed E-state index contributed by atoms with van der Waals surface area (Å²) in [6.07, 6.45) is 0. The number of rotatable bonds is 2. The van der Waals surface area contributed by atoms with Crippen molar-refractivity contribution in [1.29, 1.82) is 0 Å². The van der Waals surface area contributed by atoms with Gasteiger partial charge in [0.1, 0.15) is 5.82 Å². The summed E-state index contributed by atoms with van der Waals surface area (Å²) in [4.78, 5) is 0. The maximum Gasteiger partial charge on any atom is 0.168 e. The van der Waals surface area contributed by atoms with Gasteiger partial charge in [-0.15, -0.1) is 5.10 Å². The summed E-state index contributed by atoms with van der Waals surface area (Å²) in [5.41, 5.74) is 7.11. The van der Waals surface area contributed by atoms with Crippen molar-refractivity contribution in [1.82, 2.24) is 15.0 Å². The van der Waals surface area contributed by atoms with Crippen LogP contribution in [0.2, 0.25) is 5.02 Å². The molecule has 1 aromatic carbocycles. The van der Waals surface area contributed by atoms with Crippen molar-refractivity contribution < 1.29 is 4.39 Å². The van der Waals surface area contributed by atoms with E-state index < -0.39 is 0 Å². The lowest BCUT2D eigenvalue weighted by atomic mass is 10.2. The number of nitrogens with two attached hydrogens (primary N) is 1. The minimum Gasteiger partial charge on any atom is -0.381 e. The molecule has 84 valence electrons. The highest BCUT2D eigenvalue weighted by molar-refractivity contribution is 6.31. The number of nitrogens with zero attached hydrogens (tertiary/aromatic N) is 3. The summed E-state index contributed by atoms with van der Waals surface area (Å²) in [5.74, 6) is 0.0295. The Kier molecular flexibility index (Phi) is 2.78. The molecule has 6 heteroatoms. The maximum atomic E-state index is 12.8. The van der Waals surface area contributed by atoms with E-state index >= 15 is 0 Å². The largest absolute Gasteiger partial charge is 0.381 e. The van der Waals surface area contributed by atoms with Crippen molar-refractivity contribution >= 4 is 17.4 Å². The van der Waals surface area contributed by atoms with Crippen LogP contribution in [0.3, 0.4) is 0 Å². The average molecular weight is 241 g/mol. The predicted octanol–water partition coefficient (Wildman–Crippen LogP) is 2.01. The van der Waals surface area contributed by atoms with Crippen molar-refractivity contribution in [2.24, 2.45) is 0 Å². The maximum absolute atomic E-state index is 12.8. The smallest absolute Gasteiger partial charge is 0.168 e. The number of hydrogen-bond donors (Lipinski definition) is 1. The molecule has 0 fully saturated rings. The summed E-state index contributed by atoms with van der Waals surface area (Å²) in [6, 6.07) is 4.25. The van der Waals surface area contributed by atoms with Gasteiger partial charge in [0.15, 0.2) is 5.82 Å². The third-order valence-corrected chi connectivity index (χ3v) is 2.71. The van der Waals surface area contributed by atoms with Crippen molar-refractivity contribution in [3.8, 4) is 0 Å². The Morgan fingerprint density at radius 2 is 2.25 bits per heavy atom. The highest BCUT2D eigenvalue weighted by atomic mass is 35.5. The second-order valence-electron chi connectivity index (χ2n) is 3.45. The van der Waals surface area contributed by atoms with Crippen LogP contribution < -0.4 is 5.73 Å². The molecule has 0 bridgehead atoms. The monoisotopic (exact) mass is 240 g/mol. The molecule has 16 heavy (non-hydrogen) atoms. The lowest BCUT2D eigenvalue weighted by Crippen LogP contribution is -2.05. The van der Waals surface area contributed by atoms with E-state index in [2.05, 4.69) is 10.3 Å². The van der Waals surface area contributed by atoms with Crippen molar-refractivity contribution in [2.75, 3.05) is 5.73 Å². The summed E-state index contributed by atoms with van der Waals surface area (Å²) >= 11 is 5.91. The fraction of sp³-hybridized carbons (Fsp3) is 0.200. The summed E-state index contributed by atoms with van der Waals surface area (Å²) in [5, 5.41) is 7.97. The van der Waals surface area contributed by atoms with E-state index in [0.29, 0.717) is 17.4 Å². The van der Waals surface area contributed by atoms with E-state index in [1.807, 2.05) is 6.92 Å². The van der Waals surface area contributed by atoms with Crippen LogP contribution in [0.5, 0.6) is 0 Å². The van der Waals surface area contributed by atoms with Crippen LogP contribution in [-0.4, -0.2) is 15.0 Å². The zero-order chi connectivity index (χ0) is 11.7. The van der Waals surface area contributed by atoms with E-state index in [1.165, 1.54) is 12.1 Å². The highest BCUT2D eigenvalue weighted by Crippen LogP contribution is 2.19. The van der Waals surface area contributed by atoms with Gasteiger partial charge in [-0.25, -0.2) is 9.07 Å². The standard InChI is InChI=1S/C10H10ClFN4/c1-6-10(13)14-15-16(6)5-7-2-3-8(12)4-9(7)11/h2-4H,5,13H2,1H3. The quantitative estimate of drug-likeness (QED) is 0.874. The molecule has 0 aliphatic rings. The second-order valence-corrected chi connectivity index (χ2v) is 3.86. The topological polar surface area (TPSA) is 56.7 Å². The van der Waals surface area contributed by atoms with E-state index in [-0.39, 0.29) is 5.82 Å². The number of nitrogen functional groups attached to an aromatic ring is 1. The summed E-state index contributed by atoms with van der Waals surface area (Å²) < 4.78 is 14.4. The van der Waals surface area contributed by atoms with Crippen LogP contribution in [-0.2, 0) is 6.54 Å². The lowest BCUT2D eigenvalue weighted by molar-refractivity contribution is 0.617. The van der Waals surface area contributed by atoms with Gasteiger partial charge in [-0.2, -0.15) is 0 Å². The van der Waals surface area contributed by atoms with Gasteiger partial charge >= 0.3 is 0 Å². The molecule has 0 atom stereocenters. The molecule has 0 radical (unpaired) electrons. The van der Waals surface area contributed by atoms with Crippen LogP contribution in [0.25, 0.3) is 0 Å². The molecule has 0 aliphatic heterocycles. The fourth-order valence-corrected chi connectivity index (χ4v) is 1.56. The van der Waals surface area contributed by atoms with Gasteiger partial charge in [0.2, 0.25) is 0 Å². The fourth-order valence-electron chi connectivity index (χ4n) is 1.34. The number of benzene rings is 1. The Labute approximate surface area is 96.8 Å². The SMILES string of the molecule is Cc1c(N)nnn1Cc1ccc(F)cc1Cl. The molecule has 2 aromatic rings. The van der Waals surface area contributed by atoms with E-state index in [9.17, 15) is 4.39 Å². The first-order chi connectivity index (χ1) is 7.58. The molecule has 1 heterocycles. The van der Waals surface area contributed by atoms with E-state index in [0.717, 1.165) is 11.3 Å². The average Bonchev–Trinajstić information content (AvgIpc) is 2.54. The molecule has 0 unspecified atom stereocenters. The molecule has 4 nitrogen and oxygen atoms in total. The van der Waals surface area contributed by atoms with Gasteiger partial charge in [0.25, 0.3) is 0 Å². The predicted molar refractivity (Wildman–Crippen MR) is 59.7 cm³/mol. The Morgan fingerprint density at radius 1 is 1.50 bits per heavy atom. The Balaban J connectivity index is 2.30. The second kappa shape index (κ2) is 4.09. The van der Waals surface area contributed by atoms with Gasteiger partial charge in [-0.05, 0) is 24.6 Å². The van der Waals surface area contributed by atoms with Crippen molar-refractivity contribution in [3.63, 3.8) is 0 Å². The number of aromatic nitrogens is 3. The van der Waals surface area contributed by atoms with Crippen molar-refractivity contribution in [3.05, 3.63) is 40.3 Å². The molecule has 0 spiro atoms. The van der Waals surface area contributed by atoms with E-state index in [4.69, 9.17) is 17.3 Å². The first kappa shape index (κ1) is 10.9. The molecule has 2 rings (SSSR count). The molecule has 0 aliphatic carbocycles. The van der Waals surface area contributed by atoms with Crippen LogP contribution in [0.4, 0.5) is 10.2 Å². The molecule has 1 aromatic heterocycles. The lowest BCUT2D eigenvalue weighted by Gasteiger charge is -2.05. The van der Waals surface area contributed by atoms with Gasteiger partial charge in [0, 0.05) is 5.02 Å². The summed E-state index contributed by atoms with van der Waals surface area (Å²) in [7, 11) is 0. The van der Waals surface area contributed by atoms with Gasteiger partial charge < -0.3 is 5.73 Å². The minimum atomic E-state index is -0.358. The Hall–Kier alpha value is -1.62. The molecule has 2 N–H and O–H groups in total. The number of anilines is 1. The number of halogens is 2. The Bertz CT molecular complexity index is 524. The normalized spacial score (nSPS) is 10.7. The third kappa shape index (κ3) is 1.99. The third-order valence-electron chi connectivity index (χ3n) is 2.35. The molecule has 0 saturated heterocycles. The zero-order valence-corrected chi connectivity index (χ0v) is 9.37. The molecular formula is C10H10ClFN4. The highest BCUT2D eigenvalue weighted by Gasteiger charge is 2.08. The van der Waals surface area contributed by atoms with Gasteiger partial charge in [-0.1, -0.05) is 22.9 Å². The molecule has 0 saturated carbocycles. The molecular weight excluding hydrogens is 231 g/mol. The Morgan fingerprint density at radius 3 is 2.81 bits per heavy atom. The number of hydrogen-bond acceptors (Lipinski definition) is 3. The van der Waals surface area contributed by atoms with Crippen LogP contribution in [0.1, 0.15) is 11.3 Å². The minimum absolute atomic E-state index is 0.358. The van der Waals surface area contributed by atoms with Crippen LogP contribution in [0.15, 0.2) is 18.2 Å². The van der Waals surface area contributed by atoms with E-state index in [1.54, 1.807) is 10.7 Å². The molecule has 0 amide bonds. The van der Waals surface area contributed by atoms with Crippen molar-refractivity contribution in [2.45, 2.75) is 13.5 Å². The zero-order valence-electron chi connectivity index (χ0n) is 8.61. The van der Waals surface area contributed by atoms with Crippen LogP contribution >= 0.6 is 11.6 Å². The first-order valence-corrected chi connectivity index (χ1v) is 5.05. The van der Waals surface area contributed by atoms with Gasteiger partial charge in [0.05, 0.1) is 12.2 Å². The summed E-state index contributed by atoms with van der Waals surface area (Å²) in [6.45, 7) is 2.24. The van der Waals surface area contributed by atoms with Gasteiger partial charge in [-0.3, -0.25) is 0 Å². The van der Waals surface area contributed by atoms with Crippen LogP contribution in [0, 0.1) is 12.7 Å².